The van der Waals surface area contributed by atoms with Crippen LogP contribution in [0.15, 0.2) is 54.6 Å². The van der Waals surface area contributed by atoms with Crippen molar-refractivity contribution in [3.63, 3.8) is 0 Å². The Bertz CT molecular complexity index is 833. The molecule has 0 aromatic heterocycles. The van der Waals surface area contributed by atoms with E-state index in [0.29, 0.717) is 25.6 Å². The van der Waals surface area contributed by atoms with Gasteiger partial charge in [0.25, 0.3) is 5.91 Å². The maximum absolute atomic E-state index is 12.9. The molecule has 4 nitrogen and oxygen atoms in total. The van der Waals surface area contributed by atoms with Gasteiger partial charge in [0.15, 0.2) is 0 Å². The van der Waals surface area contributed by atoms with Gasteiger partial charge < -0.3 is 10.2 Å². The summed E-state index contributed by atoms with van der Waals surface area (Å²) in [5.41, 5.74) is 3.25. The van der Waals surface area contributed by atoms with Crippen LogP contribution in [0.1, 0.15) is 72.3 Å². The van der Waals surface area contributed by atoms with Gasteiger partial charge in [-0.15, -0.1) is 0 Å². The van der Waals surface area contributed by atoms with E-state index in [-0.39, 0.29) is 17.7 Å². The molecule has 30 heavy (non-hydrogen) atoms. The molecule has 2 amide bonds. The molecule has 1 saturated carbocycles. The van der Waals surface area contributed by atoms with Crippen LogP contribution in [0.4, 0.5) is 0 Å². The fourth-order valence-corrected chi connectivity index (χ4v) is 4.79. The largest absolute Gasteiger partial charge is 0.352 e. The van der Waals surface area contributed by atoms with Gasteiger partial charge in [-0.25, -0.2) is 0 Å². The van der Waals surface area contributed by atoms with Crippen LogP contribution < -0.4 is 5.32 Å². The normalized spacial score (nSPS) is 18.2. The SMILES string of the molecule is O=C(NCc1ccccc1)C1CCN(C(=O)c2ccc(C3CCCCC3)cc2)CC1. The van der Waals surface area contributed by atoms with Crippen molar-refractivity contribution in [1.29, 1.82) is 0 Å². The van der Waals surface area contributed by atoms with Crippen LogP contribution >= 0.6 is 0 Å². The molecule has 0 atom stereocenters. The van der Waals surface area contributed by atoms with E-state index in [4.69, 9.17) is 0 Å². The number of carbonyl (C=O) groups is 2. The fourth-order valence-electron chi connectivity index (χ4n) is 4.79. The molecule has 1 heterocycles. The van der Waals surface area contributed by atoms with Gasteiger partial charge in [-0.1, -0.05) is 61.7 Å². The molecule has 2 aromatic rings. The van der Waals surface area contributed by atoms with Crippen LogP contribution in [0.25, 0.3) is 0 Å². The lowest BCUT2D eigenvalue weighted by Gasteiger charge is -2.31. The molecule has 2 aliphatic rings. The lowest BCUT2D eigenvalue weighted by molar-refractivity contribution is -0.126. The molecule has 1 saturated heterocycles. The summed E-state index contributed by atoms with van der Waals surface area (Å²) in [5.74, 6) is 0.843. The van der Waals surface area contributed by atoms with Crippen LogP contribution in [0, 0.1) is 5.92 Å². The number of rotatable bonds is 5. The molecule has 1 N–H and O–H groups in total. The van der Waals surface area contributed by atoms with Gasteiger partial charge in [0, 0.05) is 31.1 Å². The van der Waals surface area contributed by atoms with Crippen LogP contribution in [0.2, 0.25) is 0 Å². The third-order valence-corrected chi connectivity index (χ3v) is 6.70. The third kappa shape index (κ3) is 5.10. The molecule has 0 radical (unpaired) electrons. The van der Waals surface area contributed by atoms with Crippen LogP contribution in [0.3, 0.4) is 0 Å². The smallest absolute Gasteiger partial charge is 0.253 e. The molecular formula is C26H32N2O2. The van der Waals surface area contributed by atoms with Crippen molar-refractivity contribution in [1.82, 2.24) is 10.2 Å². The molecule has 0 unspecified atom stereocenters. The second-order valence-electron chi connectivity index (χ2n) is 8.73. The maximum Gasteiger partial charge on any atom is 0.253 e. The van der Waals surface area contributed by atoms with Crippen molar-refractivity contribution in [3.05, 3.63) is 71.3 Å². The minimum Gasteiger partial charge on any atom is -0.352 e. The summed E-state index contributed by atoms with van der Waals surface area (Å²) in [7, 11) is 0. The predicted octanol–water partition coefficient (Wildman–Crippen LogP) is 4.90. The van der Waals surface area contributed by atoms with Gasteiger partial charge in [-0.3, -0.25) is 9.59 Å². The number of nitrogens with one attached hydrogen (secondary N) is 1. The zero-order valence-electron chi connectivity index (χ0n) is 17.7. The first-order chi connectivity index (χ1) is 14.7. The van der Waals surface area contributed by atoms with Crippen LogP contribution in [-0.4, -0.2) is 29.8 Å². The minimum absolute atomic E-state index is 0.00793. The summed E-state index contributed by atoms with van der Waals surface area (Å²) >= 11 is 0. The highest BCUT2D eigenvalue weighted by Gasteiger charge is 2.28. The van der Waals surface area contributed by atoms with E-state index in [9.17, 15) is 9.59 Å². The lowest BCUT2D eigenvalue weighted by atomic mass is 9.84. The summed E-state index contributed by atoms with van der Waals surface area (Å²) in [6, 6.07) is 18.2. The number of amides is 2. The Morgan fingerprint density at radius 1 is 0.833 bits per heavy atom. The zero-order chi connectivity index (χ0) is 20.8. The van der Waals surface area contributed by atoms with Crippen molar-refractivity contribution in [3.8, 4) is 0 Å². The average Bonchev–Trinajstić information content (AvgIpc) is 2.83. The number of hydrogen-bond donors (Lipinski definition) is 1. The number of benzene rings is 2. The zero-order valence-corrected chi connectivity index (χ0v) is 17.7. The molecule has 158 valence electrons. The number of likely N-dealkylation sites (tertiary alicyclic amines) is 1. The van der Waals surface area contributed by atoms with Crippen molar-refractivity contribution in [2.75, 3.05) is 13.1 Å². The standard InChI is InChI=1S/C26H32N2O2/c29-25(27-19-20-7-3-1-4-8-20)23-15-17-28(18-16-23)26(30)24-13-11-22(12-14-24)21-9-5-2-6-10-21/h1,3-4,7-8,11-14,21,23H,2,5-6,9-10,15-19H2,(H,27,29). The van der Waals surface area contributed by atoms with Gasteiger partial charge in [0.05, 0.1) is 0 Å². The maximum atomic E-state index is 12.9. The van der Waals surface area contributed by atoms with E-state index in [1.54, 1.807) is 0 Å². The molecule has 4 rings (SSSR count). The molecule has 0 spiro atoms. The Kier molecular flexibility index (Phi) is 6.83. The first-order valence-corrected chi connectivity index (χ1v) is 11.4. The minimum atomic E-state index is -0.00793. The average molecular weight is 405 g/mol. The van der Waals surface area contributed by atoms with Crippen molar-refractivity contribution >= 4 is 11.8 Å². The first-order valence-electron chi connectivity index (χ1n) is 11.4. The Morgan fingerprint density at radius 2 is 1.50 bits per heavy atom. The summed E-state index contributed by atoms with van der Waals surface area (Å²) in [6.45, 7) is 1.85. The van der Waals surface area contributed by atoms with E-state index >= 15 is 0 Å². The Morgan fingerprint density at radius 3 is 2.17 bits per heavy atom. The Labute approximate surface area is 179 Å². The predicted molar refractivity (Wildman–Crippen MR) is 119 cm³/mol. The fraction of sp³-hybridized carbons (Fsp3) is 0.462. The summed E-state index contributed by atoms with van der Waals surface area (Å²) in [6.07, 6.45) is 7.99. The van der Waals surface area contributed by atoms with E-state index in [1.807, 2.05) is 47.4 Å². The Hall–Kier alpha value is -2.62. The van der Waals surface area contributed by atoms with E-state index in [0.717, 1.165) is 24.0 Å². The van der Waals surface area contributed by atoms with E-state index in [2.05, 4.69) is 17.4 Å². The van der Waals surface area contributed by atoms with E-state index < -0.39 is 0 Å². The highest BCUT2D eigenvalue weighted by molar-refractivity contribution is 5.94. The van der Waals surface area contributed by atoms with Crippen LogP contribution in [0.5, 0.6) is 0 Å². The number of nitrogens with zero attached hydrogens (tertiary/aromatic N) is 1. The molecule has 1 aliphatic carbocycles. The molecule has 2 aromatic carbocycles. The highest BCUT2D eigenvalue weighted by atomic mass is 16.2. The summed E-state index contributed by atoms with van der Waals surface area (Å²) in [4.78, 5) is 27.3. The molecule has 1 aliphatic heterocycles. The number of hydrogen-bond acceptors (Lipinski definition) is 2. The third-order valence-electron chi connectivity index (χ3n) is 6.70. The van der Waals surface area contributed by atoms with Crippen molar-refractivity contribution in [2.45, 2.75) is 57.4 Å². The first kappa shape index (κ1) is 20.6. The quantitative estimate of drug-likeness (QED) is 0.770. The van der Waals surface area contributed by atoms with Gasteiger partial charge in [0.2, 0.25) is 5.91 Å². The topological polar surface area (TPSA) is 49.4 Å². The number of carbonyl (C=O) groups excluding carboxylic acids is 2. The molecular weight excluding hydrogens is 372 g/mol. The van der Waals surface area contributed by atoms with E-state index in [1.165, 1.54) is 37.7 Å². The van der Waals surface area contributed by atoms with Gasteiger partial charge >= 0.3 is 0 Å². The second-order valence-corrected chi connectivity index (χ2v) is 8.73. The molecule has 0 bridgehead atoms. The molecule has 4 heteroatoms. The second kappa shape index (κ2) is 9.92. The summed E-state index contributed by atoms with van der Waals surface area (Å²) < 4.78 is 0. The van der Waals surface area contributed by atoms with Crippen molar-refractivity contribution in [2.24, 2.45) is 5.92 Å². The summed E-state index contributed by atoms with van der Waals surface area (Å²) in [5, 5.41) is 3.04. The number of piperidine rings is 1. The van der Waals surface area contributed by atoms with Crippen molar-refractivity contribution < 1.29 is 9.59 Å². The van der Waals surface area contributed by atoms with Gasteiger partial charge in [-0.2, -0.15) is 0 Å². The molecule has 2 fully saturated rings. The van der Waals surface area contributed by atoms with Crippen LogP contribution in [-0.2, 0) is 11.3 Å². The lowest BCUT2D eigenvalue weighted by Crippen LogP contribution is -2.42. The monoisotopic (exact) mass is 404 g/mol. The van der Waals surface area contributed by atoms with Gasteiger partial charge in [0.1, 0.15) is 0 Å². The highest BCUT2D eigenvalue weighted by Crippen LogP contribution is 2.32. The van der Waals surface area contributed by atoms with Gasteiger partial charge in [-0.05, 0) is 54.9 Å². The Balaban J connectivity index is 1.26.